The van der Waals surface area contributed by atoms with Crippen molar-refractivity contribution < 1.29 is 4.79 Å². The first kappa shape index (κ1) is 14.4. The molecule has 3 N–H and O–H groups in total. The minimum Gasteiger partial charge on any atom is -0.325 e. The highest BCUT2D eigenvalue weighted by Gasteiger charge is 2.28. The molecule has 1 aromatic heterocycles. The molecule has 0 radical (unpaired) electrons. The van der Waals surface area contributed by atoms with Gasteiger partial charge < -0.3 is 11.1 Å². The number of tetrazole rings is 1. The summed E-state index contributed by atoms with van der Waals surface area (Å²) in [6, 6.07) is 7.84. The number of aromatic nitrogens is 4. The fourth-order valence-electron chi connectivity index (χ4n) is 1.90. The van der Waals surface area contributed by atoms with Crippen LogP contribution in [0, 0.1) is 0 Å². The fourth-order valence-corrected chi connectivity index (χ4v) is 1.90. The molecule has 1 aromatic carbocycles. The molecule has 0 aliphatic heterocycles. The summed E-state index contributed by atoms with van der Waals surface area (Å²) in [5.41, 5.74) is 6.85. The highest BCUT2D eigenvalue weighted by molar-refractivity contribution is 5.92. The van der Waals surface area contributed by atoms with Crippen molar-refractivity contribution in [1.29, 1.82) is 0 Å². The fraction of sp³-hybridized carbons (Fsp3) is 0.333. The largest absolute Gasteiger partial charge is 0.325 e. The number of hydrogen-bond donors (Lipinski definition) is 2. The van der Waals surface area contributed by atoms with E-state index in [1.54, 1.807) is 0 Å². The number of carbonyl (C=O) groups is 1. The summed E-state index contributed by atoms with van der Waals surface area (Å²) in [7, 11) is 0. The lowest BCUT2D eigenvalue weighted by Crippen LogP contribution is -2.21. The number of anilines is 1. The number of halogens is 1. The molecule has 1 aliphatic rings. The second-order valence-electron chi connectivity index (χ2n) is 4.51. The Hall–Kier alpha value is -1.99. The average Bonchev–Trinajstić information content (AvgIpc) is 3.16. The minimum absolute atomic E-state index is 0. The van der Waals surface area contributed by atoms with Gasteiger partial charge in [-0.05, 0) is 35.4 Å². The van der Waals surface area contributed by atoms with Gasteiger partial charge in [-0.25, -0.2) is 4.68 Å². The Labute approximate surface area is 121 Å². The molecule has 3 rings (SSSR count). The van der Waals surface area contributed by atoms with Crippen molar-refractivity contribution in [3.63, 3.8) is 0 Å². The average molecular weight is 295 g/mol. The number of nitrogens with zero attached hydrogens (tertiary/aromatic N) is 4. The van der Waals surface area contributed by atoms with Crippen LogP contribution in [0.25, 0.3) is 11.4 Å². The summed E-state index contributed by atoms with van der Waals surface area (Å²) in [5.74, 6) is 0.505. The Bertz CT molecular complexity index is 609. The van der Waals surface area contributed by atoms with Gasteiger partial charge in [0.2, 0.25) is 5.91 Å². The second kappa shape index (κ2) is 5.98. The monoisotopic (exact) mass is 294 g/mol. The Morgan fingerprint density at radius 2 is 2.25 bits per heavy atom. The van der Waals surface area contributed by atoms with Gasteiger partial charge in [0.05, 0.1) is 12.6 Å². The molecule has 8 heteroatoms. The molecule has 1 amide bonds. The number of nitrogens with two attached hydrogens (primary N) is 1. The van der Waals surface area contributed by atoms with Crippen LogP contribution in [0.15, 0.2) is 24.3 Å². The van der Waals surface area contributed by atoms with Gasteiger partial charge in [-0.1, -0.05) is 12.1 Å². The summed E-state index contributed by atoms with van der Waals surface area (Å²) in [5, 5.41) is 14.5. The van der Waals surface area contributed by atoms with Crippen molar-refractivity contribution in [2.75, 3.05) is 11.9 Å². The quantitative estimate of drug-likeness (QED) is 0.876. The van der Waals surface area contributed by atoms with Crippen LogP contribution in [0.4, 0.5) is 5.69 Å². The molecule has 2 aromatic rings. The van der Waals surface area contributed by atoms with Crippen LogP contribution in [0.1, 0.15) is 18.9 Å². The van der Waals surface area contributed by atoms with Crippen LogP contribution in [0.5, 0.6) is 0 Å². The van der Waals surface area contributed by atoms with Crippen LogP contribution >= 0.6 is 12.4 Å². The summed E-state index contributed by atoms with van der Waals surface area (Å²) in [4.78, 5) is 11.3. The third-order valence-electron chi connectivity index (χ3n) is 2.98. The van der Waals surface area contributed by atoms with E-state index in [1.165, 1.54) is 0 Å². The van der Waals surface area contributed by atoms with Gasteiger partial charge in [-0.2, -0.15) is 0 Å². The van der Waals surface area contributed by atoms with E-state index >= 15 is 0 Å². The summed E-state index contributed by atoms with van der Waals surface area (Å²) in [6.45, 7) is -0.0377. The zero-order chi connectivity index (χ0) is 13.2. The molecule has 1 saturated carbocycles. The van der Waals surface area contributed by atoms with Crippen LogP contribution in [-0.4, -0.2) is 32.7 Å². The third kappa shape index (κ3) is 2.94. The van der Waals surface area contributed by atoms with Crippen LogP contribution in [-0.2, 0) is 4.79 Å². The van der Waals surface area contributed by atoms with Crippen LogP contribution < -0.4 is 11.1 Å². The summed E-state index contributed by atoms with van der Waals surface area (Å²) >= 11 is 0. The first-order chi connectivity index (χ1) is 9.28. The van der Waals surface area contributed by atoms with Gasteiger partial charge in [-0.15, -0.1) is 17.5 Å². The molecule has 1 aliphatic carbocycles. The smallest absolute Gasteiger partial charge is 0.238 e. The van der Waals surface area contributed by atoms with Crippen LogP contribution in [0.2, 0.25) is 0 Å². The second-order valence-corrected chi connectivity index (χ2v) is 4.51. The molecule has 1 heterocycles. The molecule has 0 unspecified atom stereocenters. The minimum atomic E-state index is -0.223. The lowest BCUT2D eigenvalue weighted by molar-refractivity contribution is -0.114. The summed E-state index contributed by atoms with van der Waals surface area (Å²) < 4.78 is 1.84. The molecular formula is C12H15ClN6O. The Kier molecular flexibility index (Phi) is 4.31. The molecule has 20 heavy (non-hydrogen) atoms. The van der Waals surface area contributed by atoms with Crippen molar-refractivity contribution in [2.24, 2.45) is 5.73 Å². The number of amides is 1. The lowest BCUT2D eigenvalue weighted by Gasteiger charge is -2.06. The molecule has 0 atom stereocenters. The van der Waals surface area contributed by atoms with Crippen molar-refractivity contribution in [3.05, 3.63) is 24.3 Å². The van der Waals surface area contributed by atoms with E-state index in [0.717, 1.165) is 24.2 Å². The zero-order valence-electron chi connectivity index (χ0n) is 10.7. The van der Waals surface area contributed by atoms with Crippen molar-refractivity contribution in [2.45, 2.75) is 18.9 Å². The van der Waals surface area contributed by atoms with E-state index < -0.39 is 0 Å². The van der Waals surface area contributed by atoms with Gasteiger partial charge in [0.1, 0.15) is 0 Å². The maximum Gasteiger partial charge on any atom is 0.238 e. The molecule has 0 spiro atoms. The SMILES string of the molecule is Cl.NCC(=O)Nc1cccc(-c2nnnn2C2CC2)c1. The molecular weight excluding hydrogens is 280 g/mol. The molecule has 7 nitrogen and oxygen atoms in total. The van der Waals surface area contributed by atoms with Gasteiger partial charge in [0.25, 0.3) is 0 Å². The van der Waals surface area contributed by atoms with E-state index in [1.807, 2.05) is 28.9 Å². The van der Waals surface area contributed by atoms with E-state index in [4.69, 9.17) is 5.73 Å². The van der Waals surface area contributed by atoms with E-state index in [2.05, 4.69) is 20.8 Å². The molecule has 1 fully saturated rings. The Balaban J connectivity index is 0.00000147. The Morgan fingerprint density at radius 3 is 2.95 bits per heavy atom. The van der Waals surface area contributed by atoms with Gasteiger partial charge in [0, 0.05) is 11.3 Å². The first-order valence-corrected chi connectivity index (χ1v) is 6.16. The molecule has 0 saturated heterocycles. The number of nitrogens with one attached hydrogen (secondary N) is 1. The molecule has 106 valence electrons. The summed E-state index contributed by atoms with van der Waals surface area (Å²) in [6.07, 6.45) is 2.23. The van der Waals surface area contributed by atoms with Gasteiger partial charge in [-0.3, -0.25) is 4.79 Å². The maximum absolute atomic E-state index is 11.3. The number of carbonyl (C=O) groups excluding carboxylic acids is 1. The van der Waals surface area contributed by atoms with Crippen LogP contribution in [0.3, 0.4) is 0 Å². The third-order valence-corrected chi connectivity index (χ3v) is 2.98. The zero-order valence-corrected chi connectivity index (χ0v) is 11.5. The highest BCUT2D eigenvalue weighted by atomic mass is 35.5. The predicted molar refractivity (Wildman–Crippen MR) is 76.5 cm³/mol. The van der Waals surface area contributed by atoms with Crippen molar-refractivity contribution in [3.8, 4) is 11.4 Å². The van der Waals surface area contributed by atoms with Crippen molar-refractivity contribution >= 4 is 24.0 Å². The Morgan fingerprint density at radius 1 is 1.45 bits per heavy atom. The standard InChI is InChI=1S/C12H14N6O.ClH/c13-7-11(19)14-9-3-1-2-8(6-9)12-15-16-17-18(12)10-4-5-10;/h1-3,6,10H,4-5,7,13H2,(H,14,19);1H. The highest BCUT2D eigenvalue weighted by Crippen LogP contribution is 2.36. The van der Waals surface area contributed by atoms with Gasteiger partial charge >= 0.3 is 0 Å². The van der Waals surface area contributed by atoms with E-state index in [0.29, 0.717) is 11.7 Å². The lowest BCUT2D eigenvalue weighted by atomic mass is 10.2. The normalized spacial score (nSPS) is 13.7. The van der Waals surface area contributed by atoms with E-state index in [-0.39, 0.29) is 24.9 Å². The topological polar surface area (TPSA) is 98.7 Å². The van der Waals surface area contributed by atoms with Gasteiger partial charge in [0.15, 0.2) is 5.82 Å². The predicted octanol–water partition coefficient (Wildman–Crippen LogP) is 0.994. The molecule has 0 bridgehead atoms. The number of benzene rings is 1. The number of hydrogen-bond acceptors (Lipinski definition) is 5. The van der Waals surface area contributed by atoms with Crippen molar-refractivity contribution in [1.82, 2.24) is 20.2 Å². The van der Waals surface area contributed by atoms with E-state index in [9.17, 15) is 4.79 Å². The maximum atomic E-state index is 11.3. The first-order valence-electron chi connectivity index (χ1n) is 6.16. The number of rotatable bonds is 4.